The summed E-state index contributed by atoms with van der Waals surface area (Å²) >= 11 is 0. The minimum Gasteiger partial charge on any atom is -0.465 e. The van der Waals surface area contributed by atoms with Crippen LogP contribution < -0.4 is 0 Å². The van der Waals surface area contributed by atoms with E-state index in [2.05, 4.69) is 6.58 Å². The largest absolute Gasteiger partial charge is 0.465 e. The molecule has 13 heavy (non-hydrogen) atoms. The minimum absolute atomic E-state index is 0.0443. The summed E-state index contributed by atoms with van der Waals surface area (Å²) in [7, 11) is 0. The van der Waals surface area contributed by atoms with E-state index >= 15 is 0 Å². The highest BCUT2D eigenvalue weighted by molar-refractivity contribution is 5.65. The van der Waals surface area contributed by atoms with Gasteiger partial charge in [0.25, 0.3) is 0 Å². The van der Waals surface area contributed by atoms with Gasteiger partial charge in [0.05, 0.1) is 19.3 Å². The van der Waals surface area contributed by atoms with E-state index in [9.17, 15) is 4.79 Å². The Morgan fingerprint density at radius 1 is 1.77 bits per heavy atom. The first kappa shape index (κ1) is 10.1. The lowest BCUT2D eigenvalue weighted by molar-refractivity contribution is 0.0164. The maximum absolute atomic E-state index is 10.6. The maximum atomic E-state index is 10.6. The molecule has 1 heterocycles. The number of hydrogen-bond acceptors (Lipinski definition) is 2. The Hall–Kier alpha value is -1.03. The topological polar surface area (TPSA) is 49.8 Å². The van der Waals surface area contributed by atoms with Crippen molar-refractivity contribution in [3.63, 3.8) is 0 Å². The first-order chi connectivity index (χ1) is 6.24. The van der Waals surface area contributed by atoms with Crippen LogP contribution in [0.15, 0.2) is 12.7 Å². The zero-order valence-corrected chi connectivity index (χ0v) is 7.61. The number of amides is 1. The van der Waals surface area contributed by atoms with Gasteiger partial charge in [0, 0.05) is 6.54 Å². The van der Waals surface area contributed by atoms with Gasteiger partial charge < -0.3 is 14.7 Å². The first-order valence-electron chi connectivity index (χ1n) is 4.44. The van der Waals surface area contributed by atoms with Crippen molar-refractivity contribution in [2.75, 3.05) is 19.7 Å². The van der Waals surface area contributed by atoms with Crippen molar-refractivity contribution in [3.8, 4) is 0 Å². The molecule has 0 aliphatic carbocycles. The van der Waals surface area contributed by atoms with Gasteiger partial charge in [-0.05, 0) is 12.8 Å². The Morgan fingerprint density at radius 3 is 3.15 bits per heavy atom. The second-order valence-electron chi connectivity index (χ2n) is 3.11. The average Bonchev–Trinajstić information content (AvgIpc) is 2.15. The van der Waals surface area contributed by atoms with E-state index in [-0.39, 0.29) is 6.10 Å². The quantitative estimate of drug-likeness (QED) is 0.675. The van der Waals surface area contributed by atoms with Crippen LogP contribution in [0.5, 0.6) is 0 Å². The molecule has 1 aliphatic rings. The maximum Gasteiger partial charge on any atom is 0.407 e. The monoisotopic (exact) mass is 185 g/mol. The number of carboxylic acid groups (broad SMARTS) is 1. The second-order valence-corrected chi connectivity index (χ2v) is 3.11. The van der Waals surface area contributed by atoms with Crippen LogP contribution in [-0.4, -0.2) is 41.9 Å². The predicted molar refractivity (Wildman–Crippen MR) is 48.8 cm³/mol. The van der Waals surface area contributed by atoms with Crippen LogP contribution in [-0.2, 0) is 4.74 Å². The van der Waals surface area contributed by atoms with E-state index in [0.717, 1.165) is 12.8 Å². The molecule has 1 fully saturated rings. The van der Waals surface area contributed by atoms with Crippen molar-refractivity contribution in [1.82, 2.24) is 4.90 Å². The molecule has 0 unspecified atom stereocenters. The van der Waals surface area contributed by atoms with Crippen molar-refractivity contribution in [2.24, 2.45) is 0 Å². The third-order valence-corrected chi connectivity index (χ3v) is 2.10. The molecule has 0 radical (unpaired) electrons. The van der Waals surface area contributed by atoms with Gasteiger partial charge in [-0.15, -0.1) is 6.58 Å². The number of rotatable bonds is 3. The molecule has 0 aromatic carbocycles. The number of carbonyl (C=O) groups is 1. The van der Waals surface area contributed by atoms with Crippen LogP contribution >= 0.6 is 0 Å². The third kappa shape index (κ3) is 3.06. The zero-order valence-electron chi connectivity index (χ0n) is 7.61. The molecule has 1 amide bonds. The molecule has 1 atom stereocenters. The highest BCUT2D eigenvalue weighted by Gasteiger charge is 2.22. The molecule has 4 heteroatoms. The number of likely N-dealkylation sites (tertiary alicyclic amines) is 1. The van der Waals surface area contributed by atoms with Crippen molar-refractivity contribution in [3.05, 3.63) is 12.7 Å². The Balaban J connectivity index is 2.32. The number of hydrogen-bond donors (Lipinski definition) is 1. The summed E-state index contributed by atoms with van der Waals surface area (Å²) in [6.45, 7) is 5.16. The fraction of sp³-hybridized carbons (Fsp3) is 0.667. The van der Waals surface area contributed by atoms with Crippen LogP contribution in [0.3, 0.4) is 0 Å². The minimum atomic E-state index is -0.855. The molecular formula is C9H15NO3. The molecule has 0 bridgehead atoms. The van der Waals surface area contributed by atoms with E-state index in [1.165, 1.54) is 4.90 Å². The van der Waals surface area contributed by atoms with E-state index in [1.807, 2.05) is 0 Å². The van der Waals surface area contributed by atoms with E-state index in [4.69, 9.17) is 9.84 Å². The average molecular weight is 185 g/mol. The molecule has 0 spiro atoms. The molecule has 1 N–H and O–H groups in total. The predicted octanol–water partition coefficient (Wildman–Crippen LogP) is 1.33. The van der Waals surface area contributed by atoms with Gasteiger partial charge in [0.2, 0.25) is 0 Å². The summed E-state index contributed by atoms with van der Waals surface area (Å²) in [5.41, 5.74) is 0. The molecule has 0 saturated carbocycles. The SMILES string of the molecule is C=CCO[C@H]1CCCN(C(=O)O)C1. The Kier molecular flexibility index (Phi) is 3.76. The Morgan fingerprint density at radius 2 is 2.54 bits per heavy atom. The molecule has 1 saturated heterocycles. The summed E-state index contributed by atoms with van der Waals surface area (Å²) < 4.78 is 5.39. The highest BCUT2D eigenvalue weighted by atomic mass is 16.5. The van der Waals surface area contributed by atoms with E-state index < -0.39 is 6.09 Å². The fourth-order valence-electron chi connectivity index (χ4n) is 1.45. The summed E-state index contributed by atoms with van der Waals surface area (Å²) in [6, 6.07) is 0. The van der Waals surface area contributed by atoms with Crippen molar-refractivity contribution in [1.29, 1.82) is 0 Å². The van der Waals surface area contributed by atoms with Crippen molar-refractivity contribution in [2.45, 2.75) is 18.9 Å². The molecule has 0 aromatic heterocycles. The summed E-state index contributed by atoms with van der Waals surface area (Å²) in [6.07, 6.45) is 2.69. The number of nitrogens with zero attached hydrogens (tertiary/aromatic N) is 1. The lowest BCUT2D eigenvalue weighted by Gasteiger charge is -2.30. The third-order valence-electron chi connectivity index (χ3n) is 2.10. The molecule has 4 nitrogen and oxygen atoms in total. The van der Waals surface area contributed by atoms with Gasteiger partial charge in [-0.3, -0.25) is 0 Å². The standard InChI is InChI=1S/C9H15NO3/c1-2-6-13-8-4-3-5-10(7-8)9(11)12/h2,8H,1,3-7H2,(H,11,12)/t8-/m0/s1. The normalized spacial score (nSPS) is 22.8. The lowest BCUT2D eigenvalue weighted by atomic mass is 10.1. The highest BCUT2D eigenvalue weighted by Crippen LogP contribution is 2.12. The van der Waals surface area contributed by atoms with Gasteiger partial charge in [0.15, 0.2) is 0 Å². The molecule has 0 aromatic rings. The lowest BCUT2D eigenvalue weighted by Crippen LogP contribution is -2.42. The summed E-state index contributed by atoms with van der Waals surface area (Å²) in [5.74, 6) is 0. The van der Waals surface area contributed by atoms with Crippen LogP contribution in [0.2, 0.25) is 0 Å². The van der Waals surface area contributed by atoms with E-state index in [0.29, 0.717) is 19.7 Å². The molecular weight excluding hydrogens is 170 g/mol. The summed E-state index contributed by atoms with van der Waals surface area (Å²) in [5, 5.41) is 8.73. The van der Waals surface area contributed by atoms with Crippen LogP contribution in [0.4, 0.5) is 4.79 Å². The van der Waals surface area contributed by atoms with Crippen LogP contribution in [0.1, 0.15) is 12.8 Å². The van der Waals surface area contributed by atoms with Gasteiger partial charge in [-0.1, -0.05) is 6.08 Å². The smallest absolute Gasteiger partial charge is 0.407 e. The summed E-state index contributed by atoms with van der Waals surface area (Å²) in [4.78, 5) is 12.0. The molecule has 1 aliphatic heterocycles. The number of piperidine rings is 1. The Bertz CT molecular complexity index is 193. The van der Waals surface area contributed by atoms with Gasteiger partial charge in [-0.25, -0.2) is 4.79 Å². The Labute approximate surface area is 77.8 Å². The van der Waals surface area contributed by atoms with Gasteiger partial charge in [0.1, 0.15) is 0 Å². The van der Waals surface area contributed by atoms with Crippen molar-refractivity contribution < 1.29 is 14.6 Å². The van der Waals surface area contributed by atoms with E-state index in [1.54, 1.807) is 6.08 Å². The number of ether oxygens (including phenoxy) is 1. The molecule has 74 valence electrons. The van der Waals surface area contributed by atoms with Gasteiger partial charge >= 0.3 is 6.09 Å². The van der Waals surface area contributed by atoms with Crippen LogP contribution in [0, 0.1) is 0 Å². The first-order valence-corrected chi connectivity index (χ1v) is 4.44. The second kappa shape index (κ2) is 4.87. The van der Waals surface area contributed by atoms with Crippen molar-refractivity contribution >= 4 is 6.09 Å². The van der Waals surface area contributed by atoms with Gasteiger partial charge in [-0.2, -0.15) is 0 Å². The fourth-order valence-corrected chi connectivity index (χ4v) is 1.45. The van der Waals surface area contributed by atoms with Crippen LogP contribution in [0.25, 0.3) is 0 Å². The zero-order chi connectivity index (χ0) is 9.68. The molecule has 1 rings (SSSR count).